The molecule has 0 saturated heterocycles. The maximum Gasteiger partial charge on any atom is 0.255 e. The van der Waals surface area contributed by atoms with Gasteiger partial charge in [-0.15, -0.1) is 0 Å². The van der Waals surface area contributed by atoms with Crippen molar-refractivity contribution in [2.45, 2.75) is 26.5 Å². The second-order valence-electron chi connectivity index (χ2n) is 6.69. The van der Waals surface area contributed by atoms with E-state index in [9.17, 15) is 4.79 Å². The molecule has 148 valence electrons. The zero-order valence-electron chi connectivity index (χ0n) is 16.2. The molecule has 0 saturated carbocycles. The lowest BCUT2D eigenvalue weighted by Crippen LogP contribution is -2.25. The first kappa shape index (κ1) is 18.7. The SMILES string of the molecule is Cc1nc(COc2ccccc2C(=O)NCCCn2ccc3ccccc32)no1. The number of ether oxygens (including phenoxy) is 1. The average Bonchev–Trinajstić information content (AvgIpc) is 3.36. The average molecular weight is 390 g/mol. The number of para-hydroxylation sites is 2. The van der Waals surface area contributed by atoms with E-state index >= 15 is 0 Å². The van der Waals surface area contributed by atoms with Crippen LogP contribution in [0.5, 0.6) is 5.75 Å². The van der Waals surface area contributed by atoms with E-state index in [0.29, 0.717) is 29.6 Å². The number of nitrogens with one attached hydrogen (secondary N) is 1. The van der Waals surface area contributed by atoms with Crippen molar-refractivity contribution < 1.29 is 14.1 Å². The highest BCUT2D eigenvalue weighted by atomic mass is 16.5. The topological polar surface area (TPSA) is 82.2 Å². The molecule has 0 radical (unpaired) electrons. The largest absolute Gasteiger partial charge is 0.485 e. The molecule has 0 aliphatic rings. The first-order valence-electron chi connectivity index (χ1n) is 9.54. The minimum Gasteiger partial charge on any atom is -0.485 e. The highest BCUT2D eigenvalue weighted by molar-refractivity contribution is 5.96. The molecule has 2 heterocycles. The van der Waals surface area contributed by atoms with Crippen LogP contribution in [0, 0.1) is 6.92 Å². The van der Waals surface area contributed by atoms with Crippen LogP contribution in [-0.4, -0.2) is 27.2 Å². The molecule has 2 aromatic carbocycles. The van der Waals surface area contributed by atoms with E-state index in [1.807, 2.05) is 24.3 Å². The van der Waals surface area contributed by atoms with E-state index in [2.05, 4.69) is 44.4 Å². The maximum absolute atomic E-state index is 12.6. The van der Waals surface area contributed by atoms with Gasteiger partial charge in [-0.1, -0.05) is 35.5 Å². The molecule has 0 unspecified atom stereocenters. The highest BCUT2D eigenvalue weighted by Crippen LogP contribution is 2.19. The van der Waals surface area contributed by atoms with Crippen molar-refractivity contribution in [3.8, 4) is 5.75 Å². The van der Waals surface area contributed by atoms with E-state index < -0.39 is 0 Å². The summed E-state index contributed by atoms with van der Waals surface area (Å²) in [5.74, 6) is 1.24. The van der Waals surface area contributed by atoms with Gasteiger partial charge < -0.3 is 19.1 Å². The van der Waals surface area contributed by atoms with Crippen molar-refractivity contribution in [3.63, 3.8) is 0 Å². The Morgan fingerprint density at radius 2 is 1.97 bits per heavy atom. The fourth-order valence-electron chi connectivity index (χ4n) is 3.20. The molecule has 7 heteroatoms. The standard InChI is InChI=1S/C22H22N4O3/c1-16-24-21(25-29-16)15-28-20-10-5-3-8-18(20)22(27)23-12-6-13-26-14-11-17-7-2-4-9-19(17)26/h2-5,7-11,14H,6,12-13,15H2,1H3,(H,23,27). The molecule has 7 nitrogen and oxygen atoms in total. The summed E-state index contributed by atoms with van der Waals surface area (Å²) in [7, 11) is 0. The Labute approximate surface area is 168 Å². The molecule has 2 aromatic heterocycles. The molecule has 0 bridgehead atoms. The molecule has 1 N–H and O–H groups in total. The van der Waals surface area contributed by atoms with Gasteiger partial charge in [0.25, 0.3) is 5.91 Å². The van der Waals surface area contributed by atoms with Gasteiger partial charge in [-0.2, -0.15) is 4.98 Å². The Balaban J connectivity index is 1.31. The van der Waals surface area contributed by atoms with Crippen LogP contribution in [-0.2, 0) is 13.2 Å². The van der Waals surface area contributed by atoms with Gasteiger partial charge in [-0.05, 0) is 36.1 Å². The number of carbonyl (C=O) groups excluding carboxylic acids is 1. The number of hydrogen-bond donors (Lipinski definition) is 1. The van der Waals surface area contributed by atoms with Crippen molar-refractivity contribution in [2.75, 3.05) is 6.54 Å². The van der Waals surface area contributed by atoms with Gasteiger partial charge in [0.1, 0.15) is 5.75 Å². The highest BCUT2D eigenvalue weighted by Gasteiger charge is 2.13. The van der Waals surface area contributed by atoms with Crippen LogP contribution < -0.4 is 10.1 Å². The third kappa shape index (κ3) is 4.45. The van der Waals surface area contributed by atoms with E-state index in [0.717, 1.165) is 13.0 Å². The minimum absolute atomic E-state index is 0.141. The molecule has 0 aliphatic carbocycles. The van der Waals surface area contributed by atoms with Crippen LogP contribution in [0.1, 0.15) is 28.5 Å². The monoisotopic (exact) mass is 390 g/mol. The Morgan fingerprint density at radius 3 is 2.83 bits per heavy atom. The maximum atomic E-state index is 12.6. The molecular weight excluding hydrogens is 368 g/mol. The van der Waals surface area contributed by atoms with Crippen molar-refractivity contribution >= 4 is 16.8 Å². The molecule has 0 fully saturated rings. The second-order valence-corrected chi connectivity index (χ2v) is 6.69. The van der Waals surface area contributed by atoms with Gasteiger partial charge in [-0.3, -0.25) is 4.79 Å². The first-order chi connectivity index (χ1) is 14.2. The summed E-state index contributed by atoms with van der Waals surface area (Å²) in [6.45, 7) is 3.27. The molecule has 1 amide bonds. The summed E-state index contributed by atoms with van der Waals surface area (Å²) >= 11 is 0. The normalized spacial score (nSPS) is 10.9. The quantitative estimate of drug-likeness (QED) is 0.464. The number of nitrogens with zero attached hydrogens (tertiary/aromatic N) is 3. The van der Waals surface area contributed by atoms with Gasteiger partial charge in [0.15, 0.2) is 6.61 Å². The van der Waals surface area contributed by atoms with E-state index in [1.165, 1.54) is 10.9 Å². The fraction of sp³-hybridized carbons (Fsp3) is 0.227. The summed E-state index contributed by atoms with van der Waals surface area (Å²) in [4.78, 5) is 16.7. The number of aryl methyl sites for hydroxylation is 2. The van der Waals surface area contributed by atoms with Crippen LogP contribution in [0.2, 0.25) is 0 Å². The second kappa shape index (κ2) is 8.60. The summed E-state index contributed by atoms with van der Waals surface area (Å²) in [5, 5.41) is 7.99. The smallest absolute Gasteiger partial charge is 0.255 e. The van der Waals surface area contributed by atoms with Crippen molar-refractivity contribution in [2.24, 2.45) is 0 Å². The zero-order valence-corrected chi connectivity index (χ0v) is 16.2. The number of aromatic nitrogens is 3. The predicted molar refractivity (Wildman–Crippen MR) is 109 cm³/mol. The first-order valence-corrected chi connectivity index (χ1v) is 9.54. The number of hydrogen-bond acceptors (Lipinski definition) is 5. The van der Waals surface area contributed by atoms with Crippen molar-refractivity contribution in [1.29, 1.82) is 0 Å². The number of carbonyl (C=O) groups is 1. The van der Waals surface area contributed by atoms with Crippen LogP contribution >= 0.6 is 0 Å². The van der Waals surface area contributed by atoms with E-state index in [4.69, 9.17) is 9.26 Å². The third-order valence-corrected chi connectivity index (χ3v) is 4.60. The van der Waals surface area contributed by atoms with E-state index in [-0.39, 0.29) is 12.5 Å². The van der Waals surface area contributed by atoms with Crippen LogP contribution in [0.3, 0.4) is 0 Å². The van der Waals surface area contributed by atoms with Crippen LogP contribution in [0.15, 0.2) is 65.3 Å². The summed E-state index contributed by atoms with van der Waals surface area (Å²) in [5.41, 5.74) is 1.69. The summed E-state index contributed by atoms with van der Waals surface area (Å²) in [6.07, 6.45) is 2.91. The lowest BCUT2D eigenvalue weighted by atomic mass is 10.2. The summed E-state index contributed by atoms with van der Waals surface area (Å²) in [6, 6.07) is 17.5. The Bertz CT molecular complexity index is 1120. The Kier molecular flexibility index (Phi) is 5.56. The molecule has 0 spiro atoms. The lowest BCUT2D eigenvalue weighted by Gasteiger charge is -2.11. The summed E-state index contributed by atoms with van der Waals surface area (Å²) < 4.78 is 12.9. The number of amides is 1. The lowest BCUT2D eigenvalue weighted by molar-refractivity contribution is 0.0948. The number of fused-ring (bicyclic) bond motifs is 1. The van der Waals surface area contributed by atoms with Crippen LogP contribution in [0.25, 0.3) is 10.9 Å². The zero-order chi connectivity index (χ0) is 20.1. The number of rotatable bonds is 8. The van der Waals surface area contributed by atoms with Gasteiger partial charge >= 0.3 is 0 Å². The minimum atomic E-state index is -0.165. The molecule has 4 rings (SSSR count). The third-order valence-electron chi connectivity index (χ3n) is 4.60. The van der Waals surface area contributed by atoms with E-state index in [1.54, 1.807) is 19.1 Å². The fourth-order valence-corrected chi connectivity index (χ4v) is 3.20. The number of benzene rings is 2. The molecule has 4 aromatic rings. The van der Waals surface area contributed by atoms with Crippen molar-refractivity contribution in [3.05, 3.63) is 78.1 Å². The van der Waals surface area contributed by atoms with Gasteiger partial charge in [0, 0.05) is 31.7 Å². The van der Waals surface area contributed by atoms with Gasteiger partial charge in [0.2, 0.25) is 11.7 Å². The van der Waals surface area contributed by atoms with Crippen LogP contribution in [0.4, 0.5) is 0 Å². The van der Waals surface area contributed by atoms with Gasteiger partial charge in [-0.25, -0.2) is 0 Å². The van der Waals surface area contributed by atoms with Crippen molar-refractivity contribution in [1.82, 2.24) is 20.0 Å². The Hall–Kier alpha value is -3.61. The molecule has 0 atom stereocenters. The molecular formula is C22H22N4O3. The van der Waals surface area contributed by atoms with Gasteiger partial charge in [0.05, 0.1) is 5.56 Å². The Morgan fingerprint density at radius 1 is 1.14 bits per heavy atom. The predicted octanol–water partition coefficient (Wildman–Crippen LogP) is 3.73. The molecule has 29 heavy (non-hydrogen) atoms. The molecule has 0 aliphatic heterocycles.